The number of carbonyl (C=O) groups is 1. The lowest BCUT2D eigenvalue weighted by Gasteiger charge is -2.17. The average molecular weight is 460 g/mol. The van der Waals surface area contributed by atoms with E-state index in [2.05, 4.69) is 22.6 Å². The molecule has 5 nitrogen and oxygen atoms in total. The molecule has 3 aromatic rings. The van der Waals surface area contributed by atoms with Gasteiger partial charge in [-0.05, 0) is 72.2 Å². The van der Waals surface area contributed by atoms with Gasteiger partial charge in [0.25, 0.3) is 5.56 Å². The number of rotatable bonds is 3. The topological polar surface area (TPSA) is 74.3 Å². The molecule has 0 amide bonds. The summed E-state index contributed by atoms with van der Waals surface area (Å²) < 4.78 is 7.91. The number of nitrogens with two attached hydrogens (primary N) is 1. The second-order valence-electron chi connectivity index (χ2n) is 6.48. The molecule has 0 bridgehead atoms. The standard InChI is InChI=1S/C20H17IN2O3/c1-11-4-2-3-5-15(11)23-16-10-12(21)6-9-14(16)18(22)17(19(23)24)20(25)26-13-7-8-13/h2-6,9-10,13H,7-8,22H2,1H3. The molecule has 1 aliphatic carbocycles. The van der Waals surface area contributed by atoms with Crippen LogP contribution < -0.4 is 11.3 Å². The highest BCUT2D eigenvalue weighted by Crippen LogP contribution is 2.30. The summed E-state index contributed by atoms with van der Waals surface area (Å²) in [5.41, 5.74) is 8.21. The lowest BCUT2D eigenvalue weighted by atomic mass is 10.1. The monoisotopic (exact) mass is 460 g/mol. The van der Waals surface area contributed by atoms with E-state index in [1.54, 1.807) is 4.57 Å². The number of esters is 1. The first-order valence-electron chi connectivity index (χ1n) is 8.38. The van der Waals surface area contributed by atoms with Gasteiger partial charge >= 0.3 is 5.97 Å². The van der Waals surface area contributed by atoms with Crippen LogP contribution in [0.4, 0.5) is 5.69 Å². The fraction of sp³-hybridized carbons (Fsp3) is 0.200. The summed E-state index contributed by atoms with van der Waals surface area (Å²) in [6.07, 6.45) is 1.58. The van der Waals surface area contributed by atoms with Crippen molar-refractivity contribution < 1.29 is 9.53 Å². The van der Waals surface area contributed by atoms with Crippen molar-refractivity contribution in [2.45, 2.75) is 25.9 Å². The summed E-state index contributed by atoms with van der Waals surface area (Å²) in [5, 5.41) is 0.663. The summed E-state index contributed by atoms with van der Waals surface area (Å²) in [6, 6.07) is 13.2. The maximum absolute atomic E-state index is 13.3. The number of ether oxygens (including phenoxy) is 1. The Balaban J connectivity index is 2.08. The minimum Gasteiger partial charge on any atom is -0.459 e. The maximum Gasteiger partial charge on any atom is 0.346 e. The van der Waals surface area contributed by atoms with E-state index >= 15 is 0 Å². The Labute approximate surface area is 163 Å². The first kappa shape index (κ1) is 17.1. The van der Waals surface area contributed by atoms with Crippen molar-refractivity contribution in [3.05, 3.63) is 67.5 Å². The van der Waals surface area contributed by atoms with E-state index in [1.807, 2.05) is 49.4 Å². The van der Waals surface area contributed by atoms with Crippen molar-refractivity contribution in [2.24, 2.45) is 0 Å². The van der Waals surface area contributed by atoms with E-state index in [0.717, 1.165) is 27.7 Å². The number of hydrogen-bond donors (Lipinski definition) is 1. The van der Waals surface area contributed by atoms with Gasteiger partial charge in [-0.2, -0.15) is 0 Å². The minimum atomic E-state index is -0.641. The molecule has 0 saturated heterocycles. The van der Waals surface area contributed by atoms with Gasteiger partial charge in [0.05, 0.1) is 16.9 Å². The van der Waals surface area contributed by atoms with E-state index in [9.17, 15) is 9.59 Å². The van der Waals surface area contributed by atoms with Crippen molar-refractivity contribution >= 4 is 45.2 Å². The van der Waals surface area contributed by atoms with Gasteiger partial charge in [0.15, 0.2) is 0 Å². The molecule has 2 N–H and O–H groups in total. The van der Waals surface area contributed by atoms with E-state index in [0.29, 0.717) is 10.9 Å². The van der Waals surface area contributed by atoms with Crippen molar-refractivity contribution in [1.29, 1.82) is 0 Å². The Morgan fingerprint density at radius 1 is 1.23 bits per heavy atom. The highest BCUT2D eigenvalue weighted by atomic mass is 127. The van der Waals surface area contributed by atoms with Gasteiger partial charge in [0.1, 0.15) is 11.7 Å². The molecule has 0 aliphatic heterocycles. The van der Waals surface area contributed by atoms with Crippen LogP contribution in [-0.4, -0.2) is 16.6 Å². The second kappa shape index (κ2) is 6.42. The van der Waals surface area contributed by atoms with E-state index in [4.69, 9.17) is 10.5 Å². The molecule has 26 heavy (non-hydrogen) atoms. The van der Waals surface area contributed by atoms with Gasteiger partial charge in [-0.15, -0.1) is 0 Å². The lowest BCUT2D eigenvalue weighted by Crippen LogP contribution is -2.29. The normalized spacial score (nSPS) is 13.8. The number of anilines is 1. The molecule has 4 rings (SSSR count). The Morgan fingerprint density at radius 2 is 1.96 bits per heavy atom. The van der Waals surface area contributed by atoms with E-state index in [1.165, 1.54) is 0 Å². The molecule has 2 aromatic carbocycles. The van der Waals surface area contributed by atoms with Crippen LogP contribution in [0.2, 0.25) is 0 Å². The maximum atomic E-state index is 13.3. The fourth-order valence-corrected chi connectivity index (χ4v) is 3.51. The van der Waals surface area contributed by atoms with Gasteiger partial charge in [-0.25, -0.2) is 4.79 Å². The molecular weight excluding hydrogens is 443 g/mol. The number of aryl methyl sites for hydroxylation is 1. The van der Waals surface area contributed by atoms with Gasteiger partial charge in [0, 0.05) is 8.96 Å². The van der Waals surface area contributed by atoms with Crippen molar-refractivity contribution in [3.63, 3.8) is 0 Å². The number of pyridine rings is 1. The van der Waals surface area contributed by atoms with Crippen LogP contribution in [0, 0.1) is 10.5 Å². The molecule has 1 aliphatic rings. The third-order valence-electron chi connectivity index (χ3n) is 4.54. The zero-order valence-electron chi connectivity index (χ0n) is 14.2. The number of nitrogens with zero attached hydrogens (tertiary/aromatic N) is 1. The van der Waals surface area contributed by atoms with E-state index in [-0.39, 0.29) is 17.4 Å². The highest BCUT2D eigenvalue weighted by molar-refractivity contribution is 14.1. The molecule has 0 unspecified atom stereocenters. The number of nitrogen functional groups attached to an aromatic ring is 1. The summed E-state index contributed by atoms with van der Waals surface area (Å²) >= 11 is 2.19. The van der Waals surface area contributed by atoms with Crippen LogP contribution in [0.25, 0.3) is 16.6 Å². The van der Waals surface area contributed by atoms with Crippen LogP contribution in [0.1, 0.15) is 28.8 Å². The van der Waals surface area contributed by atoms with Crippen LogP contribution in [0.3, 0.4) is 0 Å². The first-order chi connectivity index (χ1) is 12.5. The number of para-hydroxylation sites is 1. The number of benzene rings is 2. The van der Waals surface area contributed by atoms with Crippen LogP contribution in [0.15, 0.2) is 47.3 Å². The molecule has 0 radical (unpaired) electrons. The van der Waals surface area contributed by atoms with E-state index < -0.39 is 11.5 Å². The number of carbonyl (C=O) groups excluding carboxylic acids is 1. The Kier molecular flexibility index (Phi) is 4.22. The predicted octanol–water partition coefficient (Wildman–Crippen LogP) is 3.81. The SMILES string of the molecule is Cc1ccccc1-n1c(=O)c(C(=O)OC2CC2)c(N)c2ccc(I)cc21. The number of aromatic nitrogens is 1. The van der Waals surface area contributed by atoms with Crippen LogP contribution >= 0.6 is 22.6 Å². The summed E-state index contributed by atoms with van der Waals surface area (Å²) in [4.78, 5) is 25.9. The molecule has 6 heteroatoms. The molecular formula is C20H17IN2O3. The minimum absolute atomic E-state index is 0.0890. The van der Waals surface area contributed by atoms with Crippen molar-refractivity contribution in [2.75, 3.05) is 5.73 Å². The summed E-state index contributed by atoms with van der Waals surface area (Å²) in [7, 11) is 0. The molecule has 1 saturated carbocycles. The van der Waals surface area contributed by atoms with Crippen molar-refractivity contribution in [1.82, 2.24) is 4.57 Å². The smallest absolute Gasteiger partial charge is 0.346 e. The molecule has 0 atom stereocenters. The third kappa shape index (κ3) is 2.88. The Bertz CT molecular complexity index is 1100. The van der Waals surface area contributed by atoms with Gasteiger partial charge in [-0.1, -0.05) is 18.2 Å². The Morgan fingerprint density at radius 3 is 2.65 bits per heavy atom. The van der Waals surface area contributed by atoms with Crippen LogP contribution in [0.5, 0.6) is 0 Å². The van der Waals surface area contributed by atoms with Gasteiger partial charge in [0.2, 0.25) is 0 Å². The first-order valence-corrected chi connectivity index (χ1v) is 9.46. The Hall–Kier alpha value is -2.35. The predicted molar refractivity (Wildman–Crippen MR) is 110 cm³/mol. The number of fused-ring (bicyclic) bond motifs is 1. The van der Waals surface area contributed by atoms with Crippen molar-refractivity contribution in [3.8, 4) is 5.69 Å². The molecule has 1 heterocycles. The summed E-state index contributed by atoms with van der Waals surface area (Å²) in [5.74, 6) is -0.641. The molecule has 1 aromatic heterocycles. The zero-order valence-corrected chi connectivity index (χ0v) is 16.3. The van der Waals surface area contributed by atoms with Crippen LogP contribution in [-0.2, 0) is 4.74 Å². The average Bonchev–Trinajstić information content (AvgIpc) is 3.40. The lowest BCUT2D eigenvalue weighted by molar-refractivity contribution is 0.0471. The fourth-order valence-electron chi connectivity index (χ4n) is 3.04. The largest absolute Gasteiger partial charge is 0.459 e. The number of hydrogen-bond acceptors (Lipinski definition) is 4. The summed E-state index contributed by atoms with van der Waals surface area (Å²) in [6.45, 7) is 1.93. The quantitative estimate of drug-likeness (QED) is 0.477. The highest BCUT2D eigenvalue weighted by Gasteiger charge is 2.30. The zero-order chi connectivity index (χ0) is 18.4. The van der Waals surface area contributed by atoms with Gasteiger partial charge in [-0.3, -0.25) is 9.36 Å². The number of halogens is 1. The second-order valence-corrected chi connectivity index (χ2v) is 7.73. The molecule has 132 valence electrons. The molecule has 1 fully saturated rings. The van der Waals surface area contributed by atoms with Gasteiger partial charge < -0.3 is 10.5 Å². The molecule has 0 spiro atoms. The third-order valence-corrected chi connectivity index (χ3v) is 5.21.